The van der Waals surface area contributed by atoms with Crippen LogP contribution in [0.5, 0.6) is 5.75 Å². The fourth-order valence-corrected chi connectivity index (χ4v) is 2.92. The number of aromatic nitrogens is 1. The SMILES string of the molecule is Nc1ccccc1-n1ccc2c(OCc3ccccc3)cccc21. The maximum atomic E-state index is 6.12. The van der Waals surface area contributed by atoms with Gasteiger partial charge in [-0.2, -0.15) is 0 Å². The molecule has 4 rings (SSSR count). The van der Waals surface area contributed by atoms with Crippen LogP contribution in [0.4, 0.5) is 5.69 Å². The van der Waals surface area contributed by atoms with Crippen LogP contribution in [0, 0.1) is 0 Å². The molecule has 0 saturated heterocycles. The van der Waals surface area contributed by atoms with Crippen LogP contribution in [0.25, 0.3) is 16.6 Å². The van der Waals surface area contributed by atoms with Crippen LogP contribution in [0.1, 0.15) is 5.56 Å². The lowest BCUT2D eigenvalue weighted by Crippen LogP contribution is -1.98. The van der Waals surface area contributed by atoms with E-state index in [4.69, 9.17) is 10.5 Å². The number of nitrogens with two attached hydrogens (primary N) is 1. The first-order chi connectivity index (χ1) is 11.8. The van der Waals surface area contributed by atoms with Gasteiger partial charge in [0, 0.05) is 11.6 Å². The molecule has 0 fully saturated rings. The molecule has 0 radical (unpaired) electrons. The van der Waals surface area contributed by atoms with Crippen molar-refractivity contribution in [3.63, 3.8) is 0 Å². The van der Waals surface area contributed by atoms with E-state index in [2.05, 4.69) is 28.8 Å². The number of ether oxygens (including phenoxy) is 1. The van der Waals surface area contributed by atoms with Gasteiger partial charge < -0.3 is 15.0 Å². The molecule has 0 aliphatic carbocycles. The fraction of sp³-hybridized carbons (Fsp3) is 0.0476. The number of nitrogen functional groups attached to an aromatic ring is 1. The maximum Gasteiger partial charge on any atom is 0.129 e. The Morgan fingerprint density at radius 3 is 2.42 bits per heavy atom. The first kappa shape index (κ1) is 14.4. The zero-order valence-electron chi connectivity index (χ0n) is 13.2. The summed E-state index contributed by atoms with van der Waals surface area (Å²) in [5, 5.41) is 1.08. The van der Waals surface area contributed by atoms with E-state index in [1.54, 1.807) is 0 Å². The smallest absolute Gasteiger partial charge is 0.129 e. The molecule has 3 nitrogen and oxygen atoms in total. The predicted octanol–water partition coefficient (Wildman–Crippen LogP) is 4.79. The Morgan fingerprint density at radius 1 is 0.792 bits per heavy atom. The van der Waals surface area contributed by atoms with Gasteiger partial charge in [-0.3, -0.25) is 0 Å². The van der Waals surface area contributed by atoms with Crippen LogP contribution in [0.2, 0.25) is 0 Å². The van der Waals surface area contributed by atoms with Gasteiger partial charge in [0.25, 0.3) is 0 Å². The van der Waals surface area contributed by atoms with Crippen molar-refractivity contribution in [2.45, 2.75) is 6.61 Å². The number of nitrogens with zero attached hydrogens (tertiary/aromatic N) is 1. The lowest BCUT2D eigenvalue weighted by atomic mass is 10.2. The van der Waals surface area contributed by atoms with Gasteiger partial charge in [-0.05, 0) is 35.9 Å². The zero-order chi connectivity index (χ0) is 16.4. The van der Waals surface area contributed by atoms with Gasteiger partial charge in [0.05, 0.1) is 16.9 Å². The third kappa shape index (κ3) is 2.61. The number of rotatable bonds is 4. The molecule has 1 aromatic heterocycles. The van der Waals surface area contributed by atoms with Crippen LogP contribution < -0.4 is 10.5 Å². The summed E-state index contributed by atoms with van der Waals surface area (Å²) < 4.78 is 8.14. The van der Waals surface area contributed by atoms with Crippen LogP contribution in [0.3, 0.4) is 0 Å². The minimum absolute atomic E-state index is 0.554. The zero-order valence-corrected chi connectivity index (χ0v) is 13.2. The lowest BCUT2D eigenvalue weighted by molar-refractivity contribution is 0.310. The summed E-state index contributed by atoms with van der Waals surface area (Å²) in [6.45, 7) is 0.554. The minimum Gasteiger partial charge on any atom is -0.488 e. The first-order valence-electron chi connectivity index (χ1n) is 7.94. The Morgan fingerprint density at radius 2 is 1.58 bits per heavy atom. The monoisotopic (exact) mass is 314 g/mol. The Bertz CT molecular complexity index is 973. The van der Waals surface area contributed by atoms with Crippen molar-refractivity contribution in [1.29, 1.82) is 0 Å². The third-order valence-electron chi connectivity index (χ3n) is 4.13. The number of para-hydroxylation sites is 2. The highest BCUT2D eigenvalue weighted by atomic mass is 16.5. The summed E-state index contributed by atoms with van der Waals surface area (Å²) >= 11 is 0. The van der Waals surface area contributed by atoms with E-state index in [1.165, 1.54) is 0 Å². The van der Waals surface area contributed by atoms with Gasteiger partial charge in [-0.15, -0.1) is 0 Å². The van der Waals surface area contributed by atoms with Gasteiger partial charge in [-0.1, -0.05) is 48.5 Å². The van der Waals surface area contributed by atoms with E-state index in [-0.39, 0.29) is 0 Å². The van der Waals surface area contributed by atoms with E-state index < -0.39 is 0 Å². The van der Waals surface area contributed by atoms with E-state index in [0.717, 1.165) is 33.6 Å². The molecule has 0 bridgehead atoms. The molecule has 24 heavy (non-hydrogen) atoms. The summed E-state index contributed by atoms with van der Waals surface area (Å²) in [6.07, 6.45) is 2.03. The van der Waals surface area contributed by atoms with Crippen LogP contribution in [-0.4, -0.2) is 4.57 Å². The summed E-state index contributed by atoms with van der Waals surface area (Å²) in [4.78, 5) is 0. The molecular formula is C21H18N2O. The fourth-order valence-electron chi connectivity index (χ4n) is 2.92. The molecule has 4 aromatic rings. The third-order valence-corrected chi connectivity index (χ3v) is 4.13. The van der Waals surface area contributed by atoms with E-state index >= 15 is 0 Å². The first-order valence-corrected chi connectivity index (χ1v) is 7.94. The van der Waals surface area contributed by atoms with Crippen molar-refractivity contribution >= 4 is 16.6 Å². The minimum atomic E-state index is 0.554. The normalized spacial score (nSPS) is 10.8. The number of hydrogen-bond donors (Lipinski definition) is 1. The molecule has 0 aliphatic rings. The second-order valence-electron chi connectivity index (χ2n) is 5.71. The van der Waals surface area contributed by atoms with Gasteiger partial charge in [0.1, 0.15) is 12.4 Å². The van der Waals surface area contributed by atoms with Crippen molar-refractivity contribution in [3.8, 4) is 11.4 Å². The molecule has 0 amide bonds. The summed E-state index contributed by atoms with van der Waals surface area (Å²) in [5.74, 6) is 0.879. The number of anilines is 1. The molecule has 3 heteroatoms. The number of benzene rings is 3. The van der Waals surface area contributed by atoms with E-state index in [9.17, 15) is 0 Å². The van der Waals surface area contributed by atoms with Crippen molar-refractivity contribution < 1.29 is 4.74 Å². The highest BCUT2D eigenvalue weighted by Crippen LogP contribution is 2.30. The molecule has 1 heterocycles. The summed E-state index contributed by atoms with van der Waals surface area (Å²) in [5.41, 5.74) is 10.1. The van der Waals surface area contributed by atoms with Crippen LogP contribution in [0.15, 0.2) is 85.1 Å². The molecule has 3 aromatic carbocycles. The second kappa shape index (κ2) is 6.13. The van der Waals surface area contributed by atoms with Gasteiger partial charge in [0.2, 0.25) is 0 Å². The largest absolute Gasteiger partial charge is 0.488 e. The lowest BCUT2D eigenvalue weighted by Gasteiger charge is -2.10. The van der Waals surface area contributed by atoms with Crippen molar-refractivity contribution in [2.75, 3.05) is 5.73 Å². The predicted molar refractivity (Wildman–Crippen MR) is 98.5 cm³/mol. The van der Waals surface area contributed by atoms with Crippen molar-refractivity contribution in [1.82, 2.24) is 4.57 Å². The van der Waals surface area contributed by atoms with Gasteiger partial charge in [-0.25, -0.2) is 0 Å². The average molecular weight is 314 g/mol. The summed E-state index contributed by atoms with van der Waals surface area (Å²) in [7, 11) is 0. The highest BCUT2D eigenvalue weighted by Gasteiger charge is 2.09. The average Bonchev–Trinajstić information content (AvgIpc) is 3.06. The Kier molecular flexibility index (Phi) is 3.67. The topological polar surface area (TPSA) is 40.2 Å². The molecule has 2 N–H and O–H groups in total. The quantitative estimate of drug-likeness (QED) is 0.550. The number of fused-ring (bicyclic) bond motifs is 1. The molecular weight excluding hydrogens is 296 g/mol. The second-order valence-corrected chi connectivity index (χ2v) is 5.71. The molecule has 0 spiro atoms. The molecule has 0 atom stereocenters. The summed E-state index contributed by atoms with van der Waals surface area (Å²) in [6, 6.07) is 26.2. The molecule has 118 valence electrons. The molecule has 0 aliphatic heterocycles. The Hall–Kier alpha value is -3.20. The van der Waals surface area contributed by atoms with Gasteiger partial charge >= 0.3 is 0 Å². The van der Waals surface area contributed by atoms with Gasteiger partial charge in [0.15, 0.2) is 0 Å². The van der Waals surface area contributed by atoms with Crippen molar-refractivity contribution in [3.05, 3.63) is 90.6 Å². The van der Waals surface area contributed by atoms with E-state index in [1.807, 2.05) is 60.8 Å². The van der Waals surface area contributed by atoms with Crippen LogP contribution in [-0.2, 0) is 6.61 Å². The Balaban J connectivity index is 1.70. The number of hydrogen-bond acceptors (Lipinski definition) is 2. The maximum absolute atomic E-state index is 6.12. The molecule has 0 saturated carbocycles. The standard InChI is InChI=1S/C21H18N2O/c22-18-9-4-5-10-20(18)23-14-13-17-19(23)11-6-12-21(17)24-15-16-7-2-1-3-8-16/h1-14H,15,22H2. The molecule has 0 unspecified atom stereocenters. The van der Waals surface area contributed by atoms with Crippen molar-refractivity contribution in [2.24, 2.45) is 0 Å². The van der Waals surface area contributed by atoms with E-state index in [0.29, 0.717) is 6.61 Å². The van der Waals surface area contributed by atoms with Crippen LogP contribution >= 0.6 is 0 Å². The Labute approximate surface area is 140 Å². The highest BCUT2D eigenvalue weighted by molar-refractivity contribution is 5.88.